The van der Waals surface area contributed by atoms with Gasteiger partial charge >= 0.3 is 5.97 Å². The first-order valence-corrected chi connectivity index (χ1v) is 7.21. The van der Waals surface area contributed by atoms with Crippen LogP contribution in [0.25, 0.3) is 6.08 Å². The highest BCUT2D eigenvalue weighted by Crippen LogP contribution is 2.29. The van der Waals surface area contributed by atoms with Crippen molar-refractivity contribution < 1.29 is 14.3 Å². The fourth-order valence-corrected chi connectivity index (χ4v) is 2.66. The maximum atomic E-state index is 13.9. The van der Waals surface area contributed by atoms with Crippen molar-refractivity contribution in [1.82, 2.24) is 0 Å². The van der Waals surface area contributed by atoms with E-state index in [4.69, 9.17) is 10.8 Å². The average molecular weight is 303 g/mol. The van der Waals surface area contributed by atoms with E-state index in [2.05, 4.69) is 0 Å². The zero-order valence-electron chi connectivity index (χ0n) is 11.1. The molecule has 3 nitrogen and oxygen atoms in total. The SMILES string of the molecule is Nc1cc(F)c(SCc2ccccc2)cc1/C=C/C(=O)O. The van der Waals surface area contributed by atoms with Gasteiger partial charge in [0.25, 0.3) is 0 Å². The number of hydrogen-bond donors (Lipinski definition) is 2. The summed E-state index contributed by atoms with van der Waals surface area (Å²) in [6, 6.07) is 12.5. The van der Waals surface area contributed by atoms with Crippen LogP contribution in [0.4, 0.5) is 10.1 Å². The van der Waals surface area contributed by atoms with Gasteiger partial charge in [0.05, 0.1) is 0 Å². The molecule has 0 aliphatic heterocycles. The molecule has 0 atom stereocenters. The quantitative estimate of drug-likeness (QED) is 0.501. The van der Waals surface area contributed by atoms with Crippen LogP contribution < -0.4 is 5.73 Å². The van der Waals surface area contributed by atoms with Crippen LogP contribution >= 0.6 is 11.8 Å². The van der Waals surface area contributed by atoms with E-state index < -0.39 is 11.8 Å². The Kier molecular flexibility index (Phi) is 5.00. The van der Waals surface area contributed by atoms with Gasteiger partial charge in [0.15, 0.2) is 0 Å². The number of hydrogen-bond acceptors (Lipinski definition) is 3. The molecule has 2 aromatic carbocycles. The van der Waals surface area contributed by atoms with Crippen molar-refractivity contribution in [3.63, 3.8) is 0 Å². The third-order valence-electron chi connectivity index (χ3n) is 2.78. The highest BCUT2D eigenvalue weighted by molar-refractivity contribution is 7.98. The van der Waals surface area contributed by atoms with Crippen molar-refractivity contribution in [2.24, 2.45) is 0 Å². The van der Waals surface area contributed by atoms with E-state index in [1.807, 2.05) is 30.3 Å². The molecular formula is C16H14FNO2S. The highest BCUT2D eigenvalue weighted by Gasteiger charge is 2.08. The molecule has 0 radical (unpaired) electrons. The number of nitrogens with two attached hydrogens (primary N) is 1. The Balaban J connectivity index is 2.19. The smallest absolute Gasteiger partial charge is 0.328 e. The maximum Gasteiger partial charge on any atom is 0.328 e. The number of aliphatic carboxylic acids is 1. The molecule has 0 saturated heterocycles. The summed E-state index contributed by atoms with van der Waals surface area (Å²) < 4.78 is 13.9. The number of benzene rings is 2. The molecule has 0 aromatic heterocycles. The van der Waals surface area contributed by atoms with Gasteiger partial charge in [0.1, 0.15) is 5.82 Å². The first-order chi connectivity index (χ1) is 10.1. The van der Waals surface area contributed by atoms with Crippen LogP contribution in [0.1, 0.15) is 11.1 Å². The summed E-state index contributed by atoms with van der Waals surface area (Å²) >= 11 is 1.35. The summed E-state index contributed by atoms with van der Waals surface area (Å²) in [5.41, 5.74) is 7.49. The normalized spacial score (nSPS) is 10.9. The van der Waals surface area contributed by atoms with E-state index in [1.165, 1.54) is 23.9 Å². The van der Waals surface area contributed by atoms with E-state index in [0.717, 1.165) is 11.6 Å². The van der Waals surface area contributed by atoms with E-state index >= 15 is 0 Å². The lowest BCUT2D eigenvalue weighted by Crippen LogP contribution is -1.94. The van der Waals surface area contributed by atoms with Gasteiger partial charge in [0, 0.05) is 22.4 Å². The van der Waals surface area contributed by atoms with Crippen LogP contribution in [0.2, 0.25) is 0 Å². The van der Waals surface area contributed by atoms with Gasteiger partial charge in [-0.05, 0) is 29.3 Å². The van der Waals surface area contributed by atoms with E-state index in [1.54, 1.807) is 6.07 Å². The number of carbonyl (C=O) groups is 1. The number of nitrogen functional groups attached to an aromatic ring is 1. The van der Waals surface area contributed by atoms with Gasteiger partial charge in [-0.1, -0.05) is 30.3 Å². The third kappa shape index (κ3) is 4.36. The molecular weight excluding hydrogens is 289 g/mol. The second-order valence-electron chi connectivity index (χ2n) is 4.36. The molecule has 108 valence electrons. The maximum absolute atomic E-state index is 13.9. The summed E-state index contributed by atoms with van der Waals surface area (Å²) in [6.07, 6.45) is 2.35. The number of anilines is 1. The minimum absolute atomic E-state index is 0.217. The molecule has 21 heavy (non-hydrogen) atoms. The second kappa shape index (κ2) is 6.95. The fourth-order valence-electron chi connectivity index (χ4n) is 1.74. The first-order valence-electron chi connectivity index (χ1n) is 6.23. The van der Waals surface area contributed by atoms with Crippen molar-refractivity contribution in [2.75, 3.05) is 5.73 Å². The summed E-state index contributed by atoms with van der Waals surface area (Å²) in [4.78, 5) is 11.0. The Morgan fingerprint density at radius 3 is 2.67 bits per heavy atom. The minimum atomic E-state index is -1.07. The van der Waals surface area contributed by atoms with Crippen LogP contribution in [0, 0.1) is 5.82 Å². The molecule has 2 aromatic rings. The molecule has 0 bridgehead atoms. The Hall–Kier alpha value is -2.27. The van der Waals surface area contributed by atoms with Crippen LogP contribution in [0.3, 0.4) is 0 Å². The van der Waals surface area contributed by atoms with E-state index in [-0.39, 0.29) is 5.69 Å². The number of halogens is 1. The Morgan fingerprint density at radius 1 is 1.29 bits per heavy atom. The van der Waals surface area contributed by atoms with E-state index in [9.17, 15) is 9.18 Å². The largest absolute Gasteiger partial charge is 0.478 e. The van der Waals surface area contributed by atoms with E-state index in [0.29, 0.717) is 16.2 Å². The van der Waals surface area contributed by atoms with Crippen molar-refractivity contribution in [2.45, 2.75) is 10.6 Å². The molecule has 0 spiro atoms. The Labute approximate surface area is 126 Å². The number of carboxylic acid groups (broad SMARTS) is 1. The average Bonchev–Trinajstić information content (AvgIpc) is 2.46. The number of rotatable bonds is 5. The highest BCUT2D eigenvalue weighted by atomic mass is 32.2. The molecule has 0 unspecified atom stereocenters. The lowest BCUT2D eigenvalue weighted by atomic mass is 10.1. The fraction of sp³-hybridized carbons (Fsp3) is 0.0625. The predicted molar refractivity (Wildman–Crippen MR) is 83.5 cm³/mol. The summed E-state index contributed by atoms with van der Waals surface area (Å²) in [6.45, 7) is 0. The van der Waals surface area contributed by atoms with Gasteiger partial charge in [-0.2, -0.15) is 0 Å². The second-order valence-corrected chi connectivity index (χ2v) is 5.37. The number of thioether (sulfide) groups is 1. The molecule has 0 fully saturated rings. The predicted octanol–water partition coefficient (Wildman–Crippen LogP) is 3.80. The monoisotopic (exact) mass is 303 g/mol. The number of carboxylic acids is 1. The van der Waals surface area contributed by atoms with Gasteiger partial charge in [-0.3, -0.25) is 0 Å². The molecule has 0 heterocycles. The Bertz CT molecular complexity index is 671. The van der Waals surface area contributed by atoms with Crippen LogP contribution in [-0.4, -0.2) is 11.1 Å². The van der Waals surface area contributed by atoms with Gasteiger partial charge in [-0.25, -0.2) is 9.18 Å². The van der Waals surface area contributed by atoms with Crippen LogP contribution in [0.5, 0.6) is 0 Å². The van der Waals surface area contributed by atoms with Crippen molar-refractivity contribution in [3.8, 4) is 0 Å². The van der Waals surface area contributed by atoms with Gasteiger partial charge in [-0.15, -0.1) is 11.8 Å². The van der Waals surface area contributed by atoms with Crippen molar-refractivity contribution in [1.29, 1.82) is 0 Å². The molecule has 0 aliphatic carbocycles. The Morgan fingerprint density at radius 2 is 2.00 bits per heavy atom. The van der Waals surface area contributed by atoms with Crippen molar-refractivity contribution in [3.05, 3.63) is 65.5 Å². The zero-order valence-corrected chi connectivity index (χ0v) is 11.9. The lowest BCUT2D eigenvalue weighted by molar-refractivity contribution is -0.131. The zero-order chi connectivity index (χ0) is 15.2. The van der Waals surface area contributed by atoms with Crippen LogP contribution in [0.15, 0.2) is 53.4 Å². The molecule has 3 N–H and O–H groups in total. The molecule has 0 saturated carbocycles. The lowest BCUT2D eigenvalue weighted by Gasteiger charge is -2.07. The molecule has 5 heteroatoms. The summed E-state index contributed by atoms with van der Waals surface area (Å²) in [5.74, 6) is -0.845. The minimum Gasteiger partial charge on any atom is -0.478 e. The molecule has 0 amide bonds. The van der Waals surface area contributed by atoms with Crippen molar-refractivity contribution >= 4 is 29.5 Å². The van der Waals surface area contributed by atoms with Gasteiger partial charge in [0.2, 0.25) is 0 Å². The molecule has 2 rings (SSSR count). The summed E-state index contributed by atoms with van der Waals surface area (Å²) in [7, 11) is 0. The first kappa shape index (κ1) is 15.1. The van der Waals surface area contributed by atoms with Crippen LogP contribution in [-0.2, 0) is 10.5 Å². The van der Waals surface area contributed by atoms with Gasteiger partial charge < -0.3 is 10.8 Å². The topological polar surface area (TPSA) is 63.3 Å². The standard InChI is InChI=1S/C16H14FNO2S/c17-13-9-14(18)12(6-7-16(19)20)8-15(13)21-10-11-4-2-1-3-5-11/h1-9H,10,18H2,(H,19,20)/b7-6+. The molecule has 0 aliphatic rings. The third-order valence-corrected chi connectivity index (χ3v) is 3.88. The summed E-state index contributed by atoms with van der Waals surface area (Å²) in [5, 5.41) is 8.63.